The molecule has 2 aromatic carbocycles. The number of fused-ring (bicyclic) bond motifs is 1. The highest BCUT2D eigenvalue weighted by Gasteiger charge is 2.22. The molecule has 0 unspecified atom stereocenters. The molecule has 0 saturated carbocycles. The third kappa shape index (κ3) is 3.14. The fourth-order valence-corrected chi connectivity index (χ4v) is 3.78. The first-order chi connectivity index (χ1) is 12.5. The summed E-state index contributed by atoms with van der Waals surface area (Å²) in [5.41, 5.74) is 6.10. The number of hydrogen-bond acceptors (Lipinski definition) is 6. The number of carboxylic acid groups (broad SMARTS) is 1. The number of carbonyl (C=O) groups is 2. The maximum atomic E-state index is 12.9. The van der Waals surface area contributed by atoms with Gasteiger partial charge in [0.1, 0.15) is 16.2 Å². The second-order valence-corrected chi connectivity index (χ2v) is 7.63. The van der Waals surface area contributed by atoms with E-state index in [1.165, 1.54) is 35.8 Å². The van der Waals surface area contributed by atoms with Crippen LogP contribution in [0.4, 0.5) is 5.69 Å². The molecule has 1 heterocycles. The van der Waals surface area contributed by atoms with Gasteiger partial charge in [-0.25, -0.2) is 23.3 Å². The highest BCUT2D eigenvalue weighted by molar-refractivity contribution is 7.89. The molecule has 0 fully saturated rings. The second-order valence-electron chi connectivity index (χ2n) is 5.69. The van der Waals surface area contributed by atoms with Crippen molar-refractivity contribution in [2.24, 2.45) is 5.14 Å². The number of primary sulfonamides is 1. The van der Waals surface area contributed by atoms with E-state index >= 15 is 0 Å². The Bertz CT molecular complexity index is 1230. The highest BCUT2D eigenvalue weighted by Crippen LogP contribution is 2.27. The number of aromatic nitrogens is 2. The summed E-state index contributed by atoms with van der Waals surface area (Å²) in [4.78, 5) is 28.0. The summed E-state index contributed by atoms with van der Waals surface area (Å²) in [6, 6.07) is 6.34. The van der Waals surface area contributed by atoms with Crippen molar-refractivity contribution in [2.75, 3.05) is 5.73 Å². The van der Waals surface area contributed by atoms with Gasteiger partial charge in [-0.2, -0.15) is 0 Å². The van der Waals surface area contributed by atoms with E-state index in [9.17, 15) is 18.0 Å². The van der Waals surface area contributed by atoms with E-state index in [1.807, 2.05) is 0 Å². The van der Waals surface area contributed by atoms with Crippen LogP contribution >= 0.6 is 11.6 Å². The lowest BCUT2D eigenvalue weighted by atomic mass is 10.1. The first kappa shape index (κ1) is 18.8. The quantitative estimate of drug-likeness (QED) is 0.555. The first-order valence-electron chi connectivity index (χ1n) is 7.40. The molecule has 3 rings (SSSR count). The monoisotopic (exact) mass is 408 g/mol. The number of carbonyl (C=O) groups excluding carboxylic acids is 1. The van der Waals surface area contributed by atoms with Crippen LogP contribution in [0.25, 0.3) is 11.0 Å². The number of hydrogen-bond donors (Lipinski definition) is 3. The van der Waals surface area contributed by atoms with E-state index in [1.54, 1.807) is 0 Å². The molecular formula is C16H13ClN4O5S. The Hall–Kier alpha value is -2.95. The molecule has 0 aliphatic carbocycles. The van der Waals surface area contributed by atoms with Gasteiger partial charge < -0.3 is 10.8 Å². The molecule has 0 spiro atoms. The van der Waals surface area contributed by atoms with Crippen molar-refractivity contribution in [3.63, 3.8) is 0 Å². The Morgan fingerprint density at radius 3 is 2.48 bits per heavy atom. The number of benzene rings is 2. The number of anilines is 1. The molecule has 0 aliphatic rings. The molecular weight excluding hydrogens is 396 g/mol. The molecule has 11 heteroatoms. The van der Waals surface area contributed by atoms with Crippen molar-refractivity contribution in [1.82, 2.24) is 9.55 Å². The summed E-state index contributed by atoms with van der Waals surface area (Å²) in [7, 11) is -4.13. The normalized spacial score (nSPS) is 11.7. The van der Waals surface area contributed by atoms with E-state index in [0.717, 1.165) is 6.07 Å². The fourth-order valence-electron chi connectivity index (χ4n) is 2.71. The van der Waals surface area contributed by atoms with Crippen LogP contribution in [0, 0.1) is 6.92 Å². The molecule has 1 aromatic heterocycles. The summed E-state index contributed by atoms with van der Waals surface area (Å²) in [6.45, 7) is 1.54. The SMILES string of the molecule is Cc1nc2c(N)c(C(=O)O)ccc2n1C(=O)c1ccc(Cl)c(S(N)(=O)=O)c1. The lowest BCUT2D eigenvalue weighted by Crippen LogP contribution is -2.17. The number of halogens is 1. The molecule has 0 atom stereocenters. The average molecular weight is 409 g/mol. The Balaban J connectivity index is 2.22. The van der Waals surface area contributed by atoms with Crippen molar-refractivity contribution >= 4 is 50.2 Å². The third-order valence-electron chi connectivity index (χ3n) is 3.95. The van der Waals surface area contributed by atoms with E-state index in [2.05, 4.69) is 4.98 Å². The predicted octanol–water partition coefficient (Wildman–Crippen LogP) is 1.61. The largest absolute Gasteiger partial charge is 0.478 e. The molecule has 0 bridgehead atoms. The van der Waals surface area contributed by atoms with Gasteiger partial charge in [0.05, 0.1) is 21.8 Å². The number of imidazole rings is 1. The molecule has 0 saturated heterocycles. The van der Waals surface area contributed by atoms with Crippen molar-refractivity contribution in [1.29, 1.82) is 0 Å². The number of nitrogens with zero attached hydrogens (tertiary/aromatic N) is 2. The lowest BCUT2D eigenvalue weighted by molar-refractivity contribution is 0.0698. The minimum atomic E-state index is -4.13. The Morgan fingerprint density at radius 1 is 1.22 bits per heavy atom. The van der Waals surface area contributed by atoms with Gasteiger partial charge in [0.15, 0.2) is 0 Å². The van der Waals surface area contributed by atoms with Crippen molar-refractivity contribution < 1.29 is 23.1 Å². The van der Waals surface area contributed by atoms with Crippen molar-refractivity contribution in [3.05, 3.63) is 52.3 Å². The zero-order valence-corrected chi connectivity index (χ0v) is 15.4. The zero-order valence-electron chi connectivity index (χ0n) is 13.8. The summed E-state index contributed by atoms with van der Waals surface area (Å²) in [5.74, 6) is -1.57. The van der Waals surface area contributed by atoms with Crippen LogP contribution in [0.15, 0.2) is 35.2 Å². The Kier molecular flexibility index (Phi) is 4.42. The zero-order chi connectivity index (χ0) is 20.1. The van der Waals surface area contributed by atoms with Gasteiger partial charge in [-0.3, -0.25) is 9.36 Å². The number of aryl methyl sites for hydroxylation is 1. The molecule has 5 N–H and O–H groups in total. The topological polar surface area (TPSA) is 158 Å². The fraction of sp³-hybridized carbons (Fsp3) is 0.0625. The first-order valence-corrected chi connectivity index (χ1v) is 9.32. The van der Waals surface area contributed by atoms with Crippen LogP contribution in [-0.4, -0.2) is 35.0 Å². The molecule has 0 amide bonds. The number of sulfonamides is 1. The second kappa shape index (κ2) is 6.34. The van der Waals surface area contributed by atoms with Crippen LogP contribution in [0.1, 0.15) is 26.5 Å². The summed E-state index contributed by atoms with van der Waals surface area (Å²) < 4.78 is 24.5. The number of aromatic carboxylic acids is 1. The van der Waals surface area contributed by atoms with Crippen molar-refractivity contribution in [2.45, 2.75) is 11.8 Å². The maximum absolute atomic E-state index is 12.9. The van der Waals surface area contributed by atoms with Gasteiger partial charge in [0.2, 0.25) is 10.0 Å². The van der Waals surface area contributed by atoms with E-state index in [4.69, 9.17) is 27.6 Å². The van der Waals surface area contributed by atoms with Gasteiger partial charge in [-0.15, -0.1) is 0 Å². The minimum absolute atomic E-state index is 0.00621. The van der Waals surface area contributed by atoms with E-state index < -0.39 is 21.9 Å². The van der Waals surface area contributed by atoms with Gasteiger partial charge in [-0.05, 0) is 37.3 Å². The third-order valence-corrected chi connectivity index (χ3v) is 5.34. The molecule has 0 radical (unpaired) electrons. The number of carboxylic acids is 1. The summed E-state index contributed by atoms with van der Waals surface area (Å²) in [6.07, 6.45) is 0. The van der Waals surface area contributed by atoms with Gasteiger partial charge >= 0.3 is 5.97 Å². The standard InChI is InChI=1S/C16H13ClN4O5S/c1-7-20-14-11(5-3-9(13(14)18)16(23)24)21(7)15(22)8-2-4-10(17)12(6-8)27(19,25)26/h2-6H,18H2,1H3,(H,23,24)(H2,19,25,26). The summed E-state index contributed by atoms with van der Waals surface area (Å²) in [5, 5.41) is 14.2. The summed E-state index contributed by atoms with van der Waals surface area (Å²) >= 11 is 5.84. The number of nitrogen functional groups attached to an aromatic ring is 1. The van der Waals surface area contributed by atoms with Crippen LogP contribution in [0.3, 0.4) is 0 Å². The van der Waals surface area contributed by atoms with Crippen LogP contribution < -0.4 is 10.9 Å². The average Bonchev–Trinajstić information content (AvgIpc) is 2.90. The Labute approximate surface area is 158 Å². The number of rotatable bonds is 3. The highest BCUT2D eigenvalue weighted by atomic mass is 35.5. The maximum Gasteiger partial charge on any atom is 0.337 e. The smallest absolute Gasteiger partial charge is 0.337 e. The van der Waals surface area contributed by atoms with Gasteiger partial charge in [0, 0.05) is 5.56 Å². The predicted molar refractivity (Wildman–Crippen MR) is 98.4 cm³/mol. The number of nitrogens with two attached hydrogens (primary N) is 2. The minimum Gasteiger partial charge on any atom is -0.478 e. The van der Waals surface area contributed by atoms with Crippen LogP contribution in [-0.2, 0) is 10.0 Å². The van der Waals surface area contributed by atoms with Crippen molar-refractivity contribution in [3.8, 4) is 0 Å². The molecule has 27 heavy (non-hydrogen) atoms. The molecule has 3 aromatic rings. The lowest BCUT2D eigenvalue weighted by Gasteiger charge is -2.09. The van der Waals surface area contributed by atoms with E-state index in [-0.39, 0.29) is 43.6 Å². The van der Waals surface area contributed by atoms with Gasteiger partial charge in [-0.1, -0.05) is 11.6 Å². The van der Waals surface area contributed by atoms with Crippen LogP contribution in [0.2, 0.25) is 5.02 Å². The molecule has 140 valence electrons. The van der Waals surface area contributed by atoms with E-state index in [0.29, 0.717) is 0 Å². The Morgan fingerprint density at radius 2 is 1.89 bits per heavy atom. The van der Waals surface area contributed by atoms with Crippen LogP contribution in [0.5, 0.6) is 0 Å². The molecule has 0 aliphatic heterocycles. The van der Waals surface area contributed by atoms with Gasteiger partial charge in [0.25, 0.3) is 5.91 Å². The molecule has 9 nitrogen and oxygen atoms in total.